The molecule has 0 heterocycles. The summed E-state index contributed by atoms with van der Waals surface area (Å²) in [6, 6.07) is 6.98. The fourth-order valence-electron chi connectivity index (χ4n) is 3.54. The molecule has 1 aromatic carbocycles. The Hall–Kier alpha value is -0.860. The summed E-state index contributed by atoms with van der Waals surface area (Å²) >= 11 is 0. The van der Waals surface area contributed by atoms with E-state index in [1.165, 1.54) is 48.8 Å². The molecule has 0 saturated heterocycles. The third kappa shape index (κ3) is 4.31. The van der Waals surface area contributed by atoms with E-state index in [0.29, 0.717) is 12.1 Å². The van der Waals surface area contributed by atoms with Crippen LogP contribution in [0.15, 0.2) is 18.2 Å². The highest BCUT2D eigenvalue weighted by Crippen LogP contribution is 2.30. The first-order valence-electron chi connectivity index (χ1n) is 8.51. The van der Waals surface area contributed by atoms with E-state index in [9.17, 15) is 0 Å². The van der Waals surface area contributed by atoms with E-state index in [-0.39, 0.29) is 0 Å². The Morgan fingerprint density at radius 2 is 2.00 bits per heavy atom. The summed E-state index contributed by atoms with van der Waals surface area (Å²) in [5.74, 6) is 0.759. The molecule has 0 aromatic heterocycles. The van der Waals surface area contributed by atoms with Crippen LogP contribution < -0.4 is 5.32 Å². The molecule has 1 aliphatic carbocycles. The zero-order valence-corrected chi connectivity index (χ0v) is 14.1. The maximum atomic E-state index is 6.33. The minimum atomic E-state index is 0.296. The number of rotatable bonds is 6. The summed E-state index contributed by atoms with van der Waals surface area (Å²) in [7, 11) is 2.04. The Kier molecular flexibility index (Phi) is 6.25. The van der Waals surface area contributed by atoms with Crippen molar-refractivity contribution in [2.75, 3.05) is 13.7 Å². The predicted molar refractivity (Wildman–Crippen MR) is 89.7 cm³/mol. The van der Waals surface area contributed by atoms with E-state index < -0.39 is 0 Å². The molecular formula is C19H31NO. The van der Waals surface area contributed by atoms with Gasteiger partial charge in [-0.25, -0.2) is 0 Å². The molecule has 0 amide bonds. The number of benzene rings is 1. The van der Waals surface area contributed by atoms with Crippen molar-refractivity contribution in [2.45, 2.75) is 65.0 Å². The van der Waals surface area contributed by atoms with Gasteiger partial charge in [0.1, 0.15) is 0 Å². The lowest BCUT2D eigenvalue weighted by Gasteiger charge is -2.32. The highest BCUT2D eigenvalue weighted by molar-refractivity contribution is 5.33. The first-order chi connectivity index (χ1) is 10.2. The van der Waals surface area contributed by atoms with E-state index in [1.54, 1.807) is 0 Å². The summed E-state index contributed by atoms with van der Waals surface area (Å²) in [5, 5.41) is 3.43. The maximum Gasteiger partial charge on any atom is 0.0665 e. The van der Waals surface area contributed by atoms with Crippen molar-refractivity contribution < 1.29 is 4.74 Å². The third-order valence-corrected chi connectivity index (χ3v) is 5.00. The highest BCUT2D eigenvalue weighted by atomic mass is 16.5. The van der Waals surface area contributed by atoms with Crippen molar-refractivity contribution in [2.24, 2.45) is 5.92 Å². The van der Waals surface area contributed by atoms with Gasteiger partial charge in [-0.1, -0.05) is 49.9 Å². The molecule has 0 aliphatic heterocycles. The van der Waals surface area contributed by atoms with Gasteiger partial charge in [-0.3, -0.25) is 0 Å². The lowest BCUT2D eigenvalue weighted by molar-refractivity contribution is -0.0211. The Bertz CT molecular complexity index is 443. The Balaban J connectivity index is 2.00. The number of ether oxygens (including phenoxy) is 1. The van der Waals surface area contributed by atoms with E-state index in [0.717, 1.165) is 12.5 Å². The van der Waals surface area contributed by atoms with Crippen LogP contribution in [0, 0.1) is 19.8 Å². The molecule has 1 N–H and O–H groups in total. The molecule has 1 aromatic rings. The Labute approximate surface area is 130 Å². The van der Waals surface area contributed by atoms with Gasteiger partial charge < -0.3 is 10.1 Å². The zero-order chi connectivity index (χ0) is 15.2. The quantitative estimate of drug-likeness (QED) is 0.829. The fraction of sp³-hybridized carbons (Fsp3) is 0.684. The zero-order valence-electron chi connectivity index (χ0n) is 14.1. The molecule has 1 saturated carbocycles. The molecule has 118 valence electrons. The van der Waals surface area contributed by atoms with Gasteiger partial charge in [0.05, 0.1) is 18.8 Å². The molecule has 3 unspecified atom stereocenters. The van der Waals surface area contributed by atoms with Crippen LogP contribution in [0.3, 0.4) is 0 Å². The Morgan fingerprint density at radius 3 is 2.71 bits per heavy atom. The number of aryl methyl sites for hydroxylation is 2. The minimum Gasteiger partial charge on any atom is -0.376 e. The number of nitrogens with one attached hydrogen (secondary N) is 1. The minimum absolute atomic E-state index is 0.296. The van der Waals surface area contributed by atoms with Crippen molar-refractivity contribution in [3.05, 3.63) is 34.9 Å². The maximum absolute atomic E-state index is 6.33. The first kappa shape index (κ1) is 16.5. The standard InChI is InChI=1S/C19H31NO/c1-5-16-8-6-7-9-19(16)21-13-18(20-4)17-12-14(2)10-11-15(17)3/h10-12,16,18-20H,5-9,13H2,1-4H3. The van der Waals surface area contributed by atoms with Crippen molar-refractivity contribution in [3.63, 3.8) is 0 Å². The molecule has 0 spiro atoms. The second-order valence-corrected chi connectivity index (χ2v) is 6.53. The van der Waals surface area contributed by atoms with Crippen LogP contribution in [0.4, 0.5) is 0 Å². The summed E-state index contributed by atoms with van der Waals surface area (Å²) in [5.41, 5.74) is 4.04. The van der Waals surface area contributed by atoms with Gasteiger partial charge in [0, 0.05) is 0 Å². The van der Waals surface area contributed by atoms with Gasteiger partial charge >= 0.3 is 0 Å². The normalized spacial score (nSPS) is 24.0. The fourth-order valence-corrected chi connectivity index (χ4v) is 3.54. The largest absolute Gasteiger partial charge is 0.376 e. The van der Waals surface area contributed by atoms with Crippen LogP contribution in [0.5, 0.6) is 0 Å². The van der Waals surface area contributed by atoms with Crippen LogP contribution >= 0.6 is 0 Å². The van der Waals surface area contributed by atoms with Gasteiger partial charge in [-0.2, -0.15) is 0 Å². The lowest BCUT2D eigenvalue weighted by Crippen LogP contribution is -2.31. The smallest absolute Gasteiger partial charge is 0.0665 e. The first-order valence-corrected chi connectivity index (χ1v) is 8.51. The lowest BCUT2D eigenvalue weighted by atomic mass is 9.84. The van der Waals surface area contributed by atoms with Crippen molar-refractivity contribution in [1.29, 1.82) is 0 Å². The molecule has 1 aliphatic rings. The van der Waals surface area contributed by atoms with Crippen LogP contribution in [-0.2, 0) is 4.74 Å². The average molecular weight is 289 g/mol. The molecule has 2 nitrogen and oxygen atoms in total. The third-order valence-electron chi connectivity index (χ3n) is 5.00. The number of hydrogen-bond donors (Lipinski definition) is 1. The average Bonchev–Trinajstić information content (AvgIpc) is 2.51. The summed E-state index contributed by atoms with van der Waals surface area (Å²) in [4.78, 5) is 0. The monoisotopic (exact) mass is 289 g/mol. The summed E-state index contributed by atoms with van der Waals surface area (Å²) in [6.45, 7) is 7.42. The molecule has 1 fully saturated rings. The predicted octanol–water partition coefficient (Wildman–Crippen LogP) is 4.55. The second-order valence-electron chi connectivity index (χ2n) is 6.53. The van der Waals surface area contributed by atoms with E-state index >= 15 is 0 Å². The molecule has 2 heteroatoms. The number of hydrogen-bond acceptors (Lipinski definition) is 2. The van der Waals surface area contributed by atoms with Crippen LogP contribution in [-0.4, -0.2) is 19.8 Å². The van der Waals surface area contributed by atoms with Crippen molar-refractivity contribution >= 4 is 0 Å². The van der Waals surface area contributed by atoms with Gasteiger partial charge in [0.15, 0.2) is 0 Å². The van der Waals surface area contributed by atoms with Gasteiger partial charge in [0.25, 0.3) is 0 Å². The van der Waals surface area contributed by atoms with E-state index in [1.807, 2.05) is 7.05 Å². The number of likely N-dealkylation sites (N-methyl/N-ethyl adjacent to an activating group) is 1. The molecule has 0 bridgehead atoms. The molecule has 2 rings (SSSR count). The van der Waals surface area contributed by atoms with Crippen molar-refractivity contribution in [1.82, 2.24) is 5.32 Å². The van der Waals surface area contributed by atoms with Crippen LogP contribution in [0.1, 0.15) is 61.8 Å². The molecule has 3 atom stereocenters. The van der Waals surface area contributed by atoms with Gasteiger partial charge in [0.2, 0.25) is 0 Å². The summed E-state index contributed by atoms with van der Waals surface area (Å²) in [6.07, 6.45) is 7.00. The topological polar surface area (TPSA) is 21.3 Å². The SMILES string of the molecule is CCC1CCCCC1OCC(NC)c1cc(C)ccc1C. The van der Waals surface area contributed by atoms with Crippen LogP contribution in [0.2, 0.25) is 0 Å². The molecule has 0 radical (unpaired) electrons. The van der Waals surface area contributed by atoms with Crippen molar-refractivity contribution in [3.8, 4) is 0 Å². The summed E-state index contributed by atoms with van der Waals surface area (Å²) < 4.78 is 6.33. The van der Waals surface area contributed by atoms with Crippen LogP contribution in [0.25, 0.3) is 0 Å². The van der Waals surface area contributed by atoms with E-state index in [2.05, 4.69) is 44.3 Å². The van der Waals surface area contributed by atoms with Gasteiger partial charge in [-0.05, 0) is 50.8 Å². The second kappa shape index (κ2) is 7.95. The van der Waals surface area contributed by atoms with Gasteiger partial charge in [-0.15, -0.1) is 0 Å². The molecular weight excluding hydrogens is 258 g/mol. The highest BCUT2D eigenvalue weighted by Gasteiger charge is 2.25. The Morgan fingerprint density at radius 1 is 1.24 bits per heavy atom. The van der Waals surface area contributed by atoms with E-state index in [4.69, 9.17) is 4.74 Å². The molecule has 21 heavy (non-hydrogen) atoms.